The molecular formula is C17H26N4O2. The summed E-state index contributed by atoms with van der Waals surface area (Å²) in [7, 11) is 0. The molecule has 6 nitrogen and oxygen atoms in total. The van der Waals surface area contributed by atoms with Gasteiger partial charge < -0.3 is 20.3 Å². The van der Waals surface area contributed by atoms with Crippen molar-refractivity contribution in [2.24, 2.45) is 5.92 Å². The van der Waals surface area contributed by atoms with Crippen LogP contribution in [0.15, 0.2) is 18.5 Å². The van der Waals surface area contributed by atoms with Gasteiger partial charge in [0.25, 0.3) is 0 Å². The van der Waals surface area contributed by atoms with E-state index in [4.69, 9.17) is 4.74 Å². The molecule has 1 fully saturated rings. The van der Waals surface area contributed by atoms with Crippen LogP contribution in [0.4, 0.5) is 16.2 Å². The van der Waals surface area contributed by atoms with E-state index in [9.17, 15) is 4.79 Å². The number of hydrogen-bond acceptors (Lipinski definition) is 5. The summed E-state index contributed by atoms with van der Waals surface area (Å²) in [6.07, 6.45) is 5.42. The highest BCUT2D eigenvalue weighted by atomic mass is 16.6. The second kappa shape index (κ2) is 6.26. The lowest BCUT2D eigenvalue weighted by molar-refractivity contribution is 0.0152. The summed E-state index contributed by atoms with van der Waals surface area (Å²) in [5.74, 6) is 0.414. The minimum atomic E-state index is -0.445. The third kappa shape index (κ3) is 3.86. The summed E-state index contributed by atoms with van der Waals surface area (Å²) < 4.78 is 5.51. The Kier molecular flexibility index (Phi) is 4.33. The summed E-state index contributed by atoms with van der Waals surface area (Å²) in [5, 5.41) is 7.05. The largest absolute Gasteiger partial charge is 0.444 e. The van der Waals surface area contributed by atoms with E-state index in [0.717, 1.165) is 43.9 Å². The molecule has 1 amide bonds. The Bertz CT molecular complexity index is 570. The van der Waals surface area contributed by atoms with E-state index in [2.05, 4.69) is 15.6 Å². The van der Waals surface area contributed by atoms with E-state index in [1.54, 1.807) is 6.20 Å². The Morgan fingerprint density at radius 1 is 1.35 bits per heavy atom. The molecular weight excluding hydrogens is 292 g/mol. The third-order valence-corrected chi connectivity index (χ3v) is 4.38. The Labute approximate surface area is 137 Å². The van der Waals surface area contributed by atoms with Crippen molar-refractivity contribution in [3.63, 3.8) is 0 Å². The van der Waals surface area contributed by atoms with Crippen molar-refractivity contribution < 1.29 is 9.53 Å². The van der Waals surface area contributed by atoms with Crippen LogP contribution in [-0.4, -0.2) is 47.3 Å². The van der Waals surface area contributed by atoms with Crippen LogP contribution in [0.3, 0.4) is 0 Å². The molecule has 2 N–H and O–H groups in total. The molecule has 0 bridgehead atoms. The maximum Gasteiger partial charge on any atom is 0.410 e. The molecule has 3 heterocycles. The number of anilines is 2. The quantitative estimate of drug-likeness (QED) is 0.770. The van der Waals surface area contributed by atoms with Crippen molar-refractivity contribution >= 4 is 17.5 Å². The molecule has 6 heteroatoms. The number of fused-ring (bicyclic) bond motifs is 2. The number of pyridine rings is 1. The van der Waals surface area contributed by atoms with Gasteiger partial charge in [0.15, 0.2) is 0 Å². The molecule has 3 rings (SSSR count). The Morgan fingerprint density at radius 3 is 2.96 bits per heavy atom. The van der Waals surface area contributed by atoms with Crippen LogP contribution in [0.5, 0.6) is 0 Å². The van der Waals surface area contributed by atoms with Crippen LogP contribution >= 0.6 is 0 Å². The second-order valence-electron chi connectivity index (χ2n) is 7.36. The molecule has 0 aromatic carbocycles. The van der Waals surface area contributed by atoms with Crippen molar-refractivity contribution in [2.75, 3.05) is 30.3 Å². The van der Waals surface area contributed by atoms with Gasteiger partial charge in [0.05, 0.1) is 17.6 Å². The monoisotopic (exact) mass is 318 g/mol. The highest BCUT2D eigenvalue weighted by Gasteiger charge is 2.34. The SMILES string of the molecule is CC(C)(C)OC(=O)N1CCC2Nc3cnccc3NCCC2C1. The van der Waals surface area contributed by atoms with Gasteiger partial charge in [-0.3, -0.25) is 4.98 Å². The Balaban J connectivity index is 1.67. The fraction of sp³-hybridized carbons (Fsp3) is 0.647. The number of ether oxygens (including phenoxy) is 1. The zero-order chi connectivity index (χ0) is 16.4. The van der Waals surface area contributed by atoms with Gasteiger partial charge in [-0.2, -0.15) is 0 Å². The molecule has 23 heavy (non-hydrogen) atoms. The standard InChI is InChI=1S/C17H26N4O2/c1-17(2,3)23-16(22)21-9-6-13-12(11-21)4-8-19-14-5-7-18-10-15(14)20-13/h5,7,10,12-13,19-20H,4,6,8-9,11H2,1-3H3. The number of carbonyl (C=O) groups is 1. The number of carbonyl (C=O) groups excluding carboxylic acids is 1. The first-order chi connectivity index (χ1) is 10.9. The molecule has 1 aromatic rings. The van der Waals surface area contributed by atoms with Gasteiger partial charge in [-0.15, -0.1) is 0 Å². The maximum atomic E-state index is 12.3. The predicted molar refractivity (Wildman–Crippen MR) is 90.7 cm³/mol. The summed E-state index contributed by atoms with van der Waals surface area (Å²) in [5.41, 5.74) is 1.71. The highest BCUT2D eigenvalue weighted by Crippen LogP contribution is 2.30. The molecule has 2 aliphatic rings. The number of nitrogens with one attached hydrogen (secondary N) is 2. The van der Waals surface area contributed by atoms with E-state index < -0.39 is 5.60 Å². The van der Waals surface area contributed by atoms with Crippen molar-refractivity contribution in [2.45, 2.75) is 45.3 Å². The molecule has 126 valence electrons. The predicted octanol–water partition coefficient (Wildman–Crippen LogP) is 2.93. The highest BCUT2D eigenvalue weighted by molar-refractivity contribution is 5.69. The average molecular weight is 318 g/mol. The number of hydrogen-bond donors (Lipinski definition) is 2. The van der Waals surface area contributed by atoms with E-state index in [1.807, 2.05) is 37.9 Å². The molecule has 0 spiro atoms. The fourth-order valence-electron chi connectivity index (χ4n) is 3.26. The molecule has 2 aliphatic heterocycles. The number of amides is 1. The van der Waals surface area contributed by atoms with Gasteiger partial charge in [0, 0.05) is 31.9 Å². The fourth-order valence-corrected chi connectivity index (χ4v) is 3.26. The molecule has 0 saturated carbocycles. The average Bonchev–Trinajstić information content (AvgIpc) is 2.45. The molecule has 2 unspecified atom stereocenters. The number of likely N-dealkylation sites (tertiary alicyclic amines) is 1. The summed E-state index contributed by atoms with van der Waals surface area (Å²) >= 11 is 0. The zero-order valence-corrected chi connectivity index (χ0v) is 14.1. The third-order valence-electron chi connectivity index (χ3n) is 4.38. The molecule has 1 saturated heterocycles. The van der Waals surface area contributed by atoms with Crippen molar-refractivity contribution in [1.29, 1.82) is 0 Å². The Morgan fingerprint density at radius 2 is 2.17 bits per heavy atom. The van der Waals surface area contributed by atoms with E-state index >= 15 is 0 Å². The zero-order valence-electron chi connectivity index (χ0n) is 14.1. The molecule has 0 aliphatic carbocycles. The maximum absolute atomic E-state index is 12.3. The van der Waals surface area contributed by atoms with Crippen LogP contribution in [0.25, 0.3) is 0 Å². The molecule has 1 aromatic heterocycles. The van der Waals surface area contributed by atoms with Crippen molar-refractivity contribution in [3.05, 3.63) is 18.5 Å². The van der Waals surface area contributed by atoms with E-state index in [1.165, 1.54) is 0 Å². The van der Waals surface area contributed by atoms with E-state index in [-0.39, 0.29) is 6.09 Å². The van der Waals surface area contributed by atoms with Gasteiger partial charge >= 0.3 is 6.09 Å². The van der Waals surface area contributed by atoms with Crippen LogP contribution in [0.1, 0.15) is 33.6 Å². The van der Waals surface area contributed by atoms with Crippen molar-refractivity contribution in [3.8, 4) is 0 Å². The molecule has 0 radical (unpaired) electrons. The lowest BCUT2D eigenvalue weighted by atomic mass is 9.88. The number of aromatic nitrogens is 1. The first-order valence-corrected chi connectivity index (χ1v) is 8.35. The molecule has 2 atom stereocenters. The van der Waals surface area contributed by atoms with Gasteiger partial charge in [0.2, 0.25) is 0 Å². The van der Waals surface area contributed by atoms with Crippen LogP contribution in [-0.2, 0) is 4.74 Å². The summed E-state index contributed by atoms with van der Waals surface area (Å²) in [4.78, 5) is 18.3. The van der Waals surface area contributed by atoms with Gasteiger partial charge in [-0.25, -0.2) is 4.79 Å². The minimum Gasteiger partial charge on any atom is -0.444 e. The van der Waals surface area contributed by atoms with E-state index in [0.29, 0.717) is 12.0 Å². The van der Waals surface area contributed by atoms with Crippen LogP contribution < -0.4 is 10.6 Å². The van der Waals surface area contributed by atoms with Crippen LogP contribution in [0, 0.1) is 5.92 Å². The normalized spacial score (nSPS) is 24.2. The Hall–Kier alpha value is -1.98. The second-order valence-corrected chi connectivity index (χ2v) is 7.36. The first kappa shape index (κ1) is 15.9. The van der Waals surface area contributed by atoms with Gasteiger partial charge in [0.1, 0.15) is 5.60 Å². The summed E-state index contributed by atoms with van der Waals surface area (Å²) in [6, 6.07) is 2.37. The lowest BCUT2D eigenvalue weighted by Crippen LogP contribution is -2.50. The lowest BCUT2D eigenvalue weighted by Gasteiger charge is -2.41. The minimum absolute atomic E-state index is 0.201. The summed E-state index contributed by atoms with van der Waals surface area (Å²) in [6.45, 7) is 8.09. The van der Waals surface area contributed by atoms with Gasteiger partial charge in [-0.1, -0.05) is 0 Å². The topological polar surface area (TPSA) is 66.5 Å². The van der Waals surface area contributed by atoms with Crippen molar-refractivity contribution in [1.82, 2.24) is 9.88 Å². The number of piperidine rings is 1. The van der Waals surface area contributed by atoms with Crippen LogP contribution in [0.2, 0.25) is 0 Å². The van der Waals surface area contributed by atoms with Gasteiger partial charge in [-0.05, 0) is 45.6 Å². The number of rotatable bonds is 0. The number of nitrogens with zero attached hydrogens (tertiary/aromatic N) is 2. The first-order valence-electron chi connectivity index (χ1n) is 8.35. The smallest absolute Gasteiger partial charge is 0.410 e.